The summed E-state index contributed by atoms with van der Waals surface area (Å²) in [5.41, 5.74) is 1.70. The predicted molar refractivity (Wildman–Crippen MR) is 118 cm³/mol. The molecule has 1 atom stereocenters. The fourth-order valence-corrected chi connectivity index (χ4v) is 4.77. The molecule has 0 saturated carbocycles. The zero-order valence-electron chi connectivity index (χ0n) is 17.3. The van der Waals surface area contributed by atoms with Crippen LogP contribution in [0.4, 0.5) is 10.1 Å². The van der Waals surface area contributed by atoms with E-state index in [1.807, 2.05) is 17.6 Å². The summed E-state index contributed by atoms with van der Waals surface area (Å²) in [6.07, 6.45) is 3.61. The summed E-state index contributed by atoms with van der Waals surface area (Å²) in [6.45, 7) is 4.72. The Morgan fingerprint density at radius 1 is 1.13 bits per heavy atom. The van der Waals surface area contributed by atoms with Crippen molar-refractivity contribution >= 4 is 17.4 Å². The lowest BCUT2D eigenvalue weighted by Crippen LogP contribution is -2.30. The highest BCUT2D eigenvalue weighted by molar-refractivity contribution is 7.99. The van der Waals surface area contributed by atoms with Gasteiger partial charge in [0.1, 0.15) is 5.82 Å². The summed E-state index contributed by atoms with van der Waals surface area (Å²) in [7, 11) is 0. The van der Waals surface area contributed by atoms with Crippen LogP contribution in [0.1, 0.15) is 42.8 Å². The Morgan fingerprint density at radius 3 is 2.58 bits per heavy atom. The number of likely N-dealkylation sites (tertiary alicyclic amines) is 1. The van der Waals surface area contributed by atoms with Crippen molar-refractivity contribution in [2.24, 2.45) is 0 Å². The van der Waals surface area contributed by atoms with Crippen LogP contribution in [0.2, 0.25) is 0 Å². The highest BCUT2D eigenvalue weighted by Gasteiger charge is 2.21. The predicted octanol–water partition coefficient (Wildman–Crippen LogP) is 5.15. The summed E-state index contributed by atoms with van der Waals surface area (Å²) < 4.78 is 15.5. The lowest BCUT2D eigenvalue weighted by molar-refractivity contribution is -0.384. The first-order valence-corrected chi connectivity index (χ1v) is 11.2. The first-order valence-electron chi connectivity index (χ1n) is 10.3. The summed E-state index contributed by atoms with van der Waals surface area (Å²) >= 11 is 1.48. The third kappa shape index (κ3) is 5.11. The minimum absolute atomic E-state index is 0.0655. The molecule has 0 amide bonds. The van der Waals surface area contributed by atoms with E-state index in [1.165, 1.54) is 49.2 Å². The third-order valence-corrected chi connectivity index (χ3v) is 6.53. The van der Waals surface area contributed by atoms with E-state index in [1.54, 1.807) is 24.3 Å². The monoisotopic (exact) mass is 441 g/mol. The molecule has 1 aliphatic heterocycles. The van der Waals surface area contributed by atoms with Crippen molar-refractivity contribution in [3.05, 3.63) is 75.9 Å². The largest absolute Gasteiger partial charge is 0.296 e. The highest BCUT2D eigenvalue weighted by atomic mass is 32.2. The maximum Gasteiger partial charge on any atom is 0.269 e. The van der Waals surface area contributed by atoms with E-state index in [4.69, 9.17) is 0 Å². The van der Waals surface area contributed by atoms with E-state index in [0.717, 1.165) is 30.2 Å². The van der Waals surface area contributed by atoms with E-state index in [0.29, 0.717) is 11.7 Å². The van der Waals surface area contributed by atoms with Crippen LogP contribution in [0.5, 0.6) is 0 Å². The number of halogens is 1. The van der Waals surface area contributed by atoms with Crippen LogP contribution in [-0.2, 0) is 6.54 Å². The number of aromatic nitrogens is 3. The molecule has 2 heterocycles. The van der Waals surface area contributed by atoms with Crippen molar-refractivity contribution in [3.63, 3.8) is 0 Å². The van der Waals surface area contributed by atoms with Crippen molar-refractivity contribution < 1.29 is 9.31 Å². The molecule has 0 aliphatic carbocycles. The van der Waals surface area contributed by atoms with Crippen LogP contribution in [0, 0.1) is 15.9 Å². The van der Waals surface area contributed by atoms with Crippen LogP contribution < -0.4 is 0 Å². The standard InChI is InChI=1S/C22H24FN5O2S/c1-16(17-6-5-7-20(14-17)28(29)30)31-22-25-24-21(15-26-12-3-2-4-13-26)27(22)19-10-8-18(23)9-11-19/h5-11,14,16H,2-4,12-13,15H2,1H3. The van der Waals surface area contributed by atoms with E-state index in [2.05, 4.69) is 15.1 Å². The molecule has 1 aliphatic rings. The zero-order chi connectivity index (χ0) is 21.8. The molecule has 0 N–H and O–H groups in total. The SMILES string of the molecule is CC(Sc1nnc(CN2CCCCC2)n1-c1ccc(F)cc1)c1cccc([N+](=O)[O-])c1. The average Bonchev–Trinajstić information content (AvgIpc) is 3.17. The minimum Gasteiger partial charge on any atom is -0.296 e. The second-order valence-electron chi connectivity index (χ2n) is 7.66. The molecule has 9 heteroatoms. The molecule has 0 radical (unpaired) electrons. The maximum atomic E-state index is 13.5. The van der Waals surface area contributed by atoms with Crippen LogP contribution in [0.15, 0.2) is 53.7 Å². The second-order valence-corrected chi connectivity index (χ2v) is 8.97. The van der Waals surface area contributed by atoms with Gasteiger partial charge in [-0.2, -0.15) is 0 Å². The lowest BCUT2D eigenvalue weighted by Gasteiger charge is -2.26. The van der Waals surface area contributed by atoms with Gasteiger partial charge in [-0.3, -0.25) is 19.6 Å². The Bertz CT molecular complexity index is 1050. The quantitative estimate of drug-likeness (QED) is 0.287. The van der Waals surface area contributed by atoms with Crippen LogP contribution in [-0.4, -0.2) is 37.7 Å². The number of rotatable bonds is 7. The normalized spacial score (nSPS) is 15.7. The molecule has 31 heavy (non-hydrogen) atoms. The number of hydrogen-bond donors (Lipinski definition) is 0. The molecule has 4 rings (SSSR count). The Morgan fingerprint density at radius 2 is 1.87 bits per heavy atom. The van der Waals surface area contributed by atoms with Gasteiger partial charge in [0.25, 0.3) is 5.69 Å². The second kappa shape index (κ2) is 9.57. The first-order chi connectivity index (χ1) is 15.0. The number of nitro benzene ring substituents is 1. The Labute approximate surface area is 184 Å². The highest BCUT2D eigenvalue weighted by Crippen LogP contribution is 2.36. The van der Waals surface area contributed by atoms with Crippen molar-refractivity contribution in [2.45, 2.75) is 43.1 Å². The summed E-state index contributed by atoms with van der Waals surface area (Å²) in [5.74, 6) is 0.510. The molecule has 1 unspecified atom stereocenters. The van der Waals surface area contributed by atoms with Gasteiger partial charge in [-0.15, -0.1) is 10.2 Å². The van der Waals surface area contributed by atoms with E-state index in [-0.39, 0.29) is 16.8 Å². The van der Waals surface area contributed by atoms with Crippen molar-refractivity contribution in [1.82, 2.24) is 19.7 Å². The molecule has 1 saturated heterocycles. The Hall–Kier alpha value is -2.78. The van der Waals surface area contributed by atoms with E-state index < -0.39 is 4.92 Å². The summed E-state index contributed by atoms with van der Waals surface area (Å²) in [5, 5.41) is 20.6. The van der Waals surface area contributed by atoms with Crippen LogP contribution >= 0.6 is 11.8 Å². The average molecular weight is 442 g/mol. The van der Waals surface area contributed by atoms with Crippen molar-refractivity contribution in [3.8, 4) is 5.69 Å². The Balaban J connectivity index is 1.64. The molecule has 3 aromatic rings. The number of hydrogen-bond acceptors (Lipinski definition) is 6. The molecule has 0 bridgehead atoms. The van der Waals surface area contributed by atoms with Gasteiger partial charge >= 0.3 is 0 Å². The minimum atomic E-state index is -0.390. The fraction of sp³-hybridized carbons (Fsp3) is 0.364. The summed E-state index contributed by atoms with van der Waals surface area (Å²) in [6, 6.07) is 12.9. The smallest absolute Gasteiger partial charge is 0.269 e. The molecular formula is C22H24FN5O2S. The van der Waals surface area contributed by atoms with Crippen molar-refractivity contribution in [2.75, 3.05) is 13.1 Å². The number of nitro groups is 1. The number of nitrogens with zero attached hydrogens (tertiary/aromatic N) is 5. The van der Waals surface area contributed by atoms with Gasteiger partial charge in [0.15, 0.2) is 11.0 Å². The topological polar surface area (TPSA) is 77.1 Å². The van der Waals surface area contributed by atoms with Crippen LogP contribution in [0.3, 0.4) is 0 Å². The number of thioether (sulfide) groups is 1. The van der Waals surface area contributed by atoms with Gasteiger partial charge in [0.2, 0.25) is 0 Å². The third-order valence-electron chi connectivity index (χ3n) is 5.43. The summed E-state index contributed by atoms with van der Waals surface area (Å²) in [4.78, 5) is 13.1. The maximum absolute atomic E-state index is 13.5. The van der Waals surface area contributed by atoms with Gasteiger partial charge in [-0.1, -0.05) is 30.3 Å². The number of piperidine rings is 1. The molecule has 1 aromatic heterocycles. The number of non-ortho nitro benzene ring substituents is 1. The molecule has 1 fully saturated rings. The van der Waals surface area contributed by atoms with Gasteiger partial charge in [0.05, 0.1) is 11.5 Å². The Kier molecular flexibility index (Phi) is 6.62. The molecule has 7 nitrogen and oxygen atoms in total. The number of benzene rings is 2. The van der Waals surface area contributed by atoms with Gasteiger partial charge in [-0.05, 0) is 62.7 Å². The van der Waals surface area contributed by atoms with E-state index >= 15 is 0 Å². The molecule has 2 aromatic carbocycles. The van der Waals surface area contributed by atoms with E-state index in [9.17, 15) is 14.5 Å². The van der Waals surface area contributed by atoms with Gasteiger partial charge in [0, 0.05) is 23.1 Å². The fourth-order valence-electron chi connectivity index (χ4n) is 3.76. The first kappa shape index (κ1) is 21.5. The van der Waals surface area contributed by atoms with Crippen molar-refractivity contribution in [1.29, 1.82) is 0 Å². The van der Waals surface area contributed by atoms with Gasteiger partial charge < -0.3 is 0 Å². The molecular weight excluding hydrogens is 417 g/mol. The molecule has 0 spiro atoms. The van der Waals surface area contributed by atoms with Crippen LogP contribution in [0.25, 0.3) is 5.69 Å². The zero-order valence-corrected chi connectivity index (χ0v) is 18.1. The van der Waals surface area contributed by atoms with Gasteiger partial charge in [-0.25, -0.2) is 4.39 Å². The molecule has 162 valence electrons. The lowest BCUT2D eigenvalue weighted by atomic mass is 10.1.